The van der Waals surface area contributed by atoms with Crippen LogP contribution >= 0.6 is 0 Å². The van der Waals surface area contributed by atoms with E-state index in [2.05, 4.69) is 5.32 Å². The number of rotatable bonds is 8. The van der Waals surface area contributed by atoms with E-state index >= 15 is 0 Å². The molecule has 1 rings (SSSR count). The fourth-order valence-corrected chi connectivity index (χ4v) is 3.07. The number of sulfone groups is 1. The molecule has 0 spiro atoms. The molecule has 21 heavy (non-hydrogen) atoms. The van der Waals surface area contributed by atoms with Crippen molar-refractivity contribution in [2.45, 2.75) is 24.3 Å². The van der Waals surface area contributed by atoms with Gasteiger partial charge in [-0.25, -0.2) is 8.42 Å². The summed E-state index contributed by atoms with van der Waals surface area (Å²) < 4.78 is 28.5. The van der Waals surface area contributed by atoms with Crippen LogP contribution in [0.2, 0.25) is 0 Å². The van der Waals surface area contributed by atoms with Crippen LogP contribution in [-0.2, 0) is 21.0 Å². The summed E-state index contributed by atoms with van der Waals surface area (Å²) in [7, 11) is -2.11. The summed E-state index contributed by atoms with van der Waals surface area (Å²) in [6.45, 7) is 2.99. The van der Waals surface area contributed by atoms with Crippen LogP contribution in [0.25, 0.3) is 0 Å². The summed E-state index contributed by atoms with van der Waals surface area (Å²) in [6, 6.07) is 4.24. The van der Waals surface area contributed by atoms with Gasteiger partial charge in [0, 0.05) is 25.0 Å². The van der Waals surface area contributed by atoms with Crippen molar-refractivity contribution < 1.29 is 18.1 Å². The van der Waals surface area contributed by atoms with Gasteiger partial charge in [0.1, 0.15) is 4.90 Å². The lowest BCUT2D eigenvalue weighted by molar-refractivity contribution is -0.388. The van der Waals surface area contributed by atoms with Gasteiger partial charge in [-0.15, -0.1) is 0 Å². The predicted octanol–water partition coefficient (Wildman–Crippen LogP) is 1.17. The van der Waals surface area contributed by atoms with E-state index in [-0.39, 0.29) is 16.6 Å². The number of methoxy groups -OCH3 is 1. The summed E-state index contributed by atoms with van der Waals surface area (Å²) in [5.74, 6) is 0. The molecule has 1 N–H and O–H groups in total. The zero-order chi connectivity index (χ0) is 16.0. The third-order valence-electron chi connectivity index (χ3n) is 2.99. The predicted molar refractivity (Wildman–Crippen MR) is 79.3 cm³/mol. The van der Waals surface area contributed by atoms with Crippen LogP contribution < -0.4 is 5.32 Å². The van der Waals surface area contributed by atoms with E-state index in [4.69, 9.17) is 4.74 Å². The van der Waals surface area contributed by atoms with Crippen molar-refractivity contribution in [3.8, 4) is 0 Å². The molecule has 0 fully saturated rings. The number of hydrogen-bond acceptors (Lipinski definition) is 6. The Morgan fingerprint density at radius 2 is 2.10 bits per heavy atom. The molecule has 1 unspecified atom stereocenters. The fraction of sp³-hybridized carbons (Fsp3) is 0.538. The maximum atomic E-state index is 11.7. The van der Waals surface area contributed by atoms with Crippen molar-refractivity contribution in [1.82, 2.24) is 5.32 Å². The maximum absolute atomic E-state index is 11.7. The summed E-state index contributed by atoms with van der Waals surface area (Å²) in [6.07, 6.45) is 1.29. The Morgan fingerprint density at radius 1 is 1.43 bits per heavy atom. The highest BCUT2D eigenvalue weighted by Gasteiger charge is 2.27. The molecule has 0 aromatic heterocycles. The minimum atomic E-state index is -3.65. The van der Waals surface area contributed by atoms with Crippen LogP contribution in [0.3, 0.4) is 0 Å². The summed E-state index contributed by atoms with van der Waals surface area (Å²) in [5.41, 5.74) is 0.0323. The van der Waals surface area contributed by atoms with Crippen molar-refractivity contribution in [3.63, 3.8) is 0 Å². The second-order valence-corrected chi connectivity index (χ2v) is 6.69. The highest BCUT2D eigenvalue weighted by Crippen LogP contribution is 2.28. The van der Waals surface area contributed by atoms with Crippen molar-refractivity contribution in [1.29, 1.82) is 0 Å². The maximum Gasteiger partial charge on any atom is 0.291 e. The monoisotopic (exact) mass is 316 g/mol. The number of ether oxygens (including phenoxy) is 1. The number of nitro benzene ring substituents is 1. The number of benzene rings is 1. The van der Waals surface area contributed by atoms with Gasteiger partial charge >= 0.3 is 0 Å². The molecule has 1 aromatic rings. The second kappa shape index (κ2) is 7.48. The van der Waals surface area contributed by atoms with E-state index in [1.807, 2.05) is 6.92 Å². The number of hydrogen-bond donors (Lipinski definition) is 1. The van der Waals surface area contributed by atoms with Crippen molar-refractivity contribution in [2.75, 3.05) is 26.5 Å². The normalized spacial score (nSPS) is 13.1. The summed E-state index contributed by atoms with van der Waals surface area (Å²) in [4.78, 5) is 10.4. The SMILES string of the molecule is CCNC(COC)Cc1cccc(S(C)(=O)=O)c1[N+](=O)[O-]. The first-order valence-electron chi connectivity index (χ1n) is 6.49. The molecule has 0 aliphatic carbocycles. The van der Waals surface area contributed by atoms with E-state index < -0.39 is 14.8 Å². The third-order valence-corrected chi connectivity index (χ3v) is 4.12. The lowest BCUT2D eigenvalue weighted by Crippen LogP contribution is -2.35. The number of nitrogens with one attached hydrogen (secondary N) is 1. The van der Waals surface area contributed by atoms with Gasteiger partial charge in [0.2, 0.25) is 0 Å². The Labute approximate surface area is 124 Å². The molecular weight excluding hydrogens is 296 g/mol. The van der Waals surface area contributed by atoms with Crippen molar-refractivity contribution in [3.05, 3.63) is 33.9 Å². The largest absolute Gasteiger partial charge is 0.383 e. The van der Waals surface area contributed by atoms with Crippen molar-refractivity contribution in [2.24, 2.45) is 0 Å². The minimum Gasteiger partial charge on any atom is -0.383 e. The molecule has 8 heteroatoms. The van der Waals surface area contributed by atoms with E-state index in [0.717, 1.165) is 6.26 Å². The smallest absolute Gasteiger partial charge is 0.291 e. The molecule has 0 heterocycles. The van der Waals surface area contributed by atoms with E-state index in [1.165, 1.54) is 12.1 Å². The number of likely N-dealkylation sites (N-methyl/N-ethyl adjacent to an activating group) is 1. The standard InChI is InChI=1S/C13H20N2O5S/c1-4-14-11(9-20-2)8-10-6-5-7-12(21(3,18)19)13(10)15(16)17/h5-7,11,14H,4,8-9H2,1-3H3. The molecule has 0 aliphatic heterocycles. The third kappa shape index (κ3) is 4.76. The van der Waals surface area contributed by atoms with Crippen LogP contribution in [0, 0.1) is 10.1 Å². The molecule has 0 bridgehead atoms. The van der Waals surface area contributed by atoms with Crippen LogP contribution in [-0.4, -0.2) is 45.9 Å². The second-order valence-electron chi connectivity index (χ2n) is 4.71. The average Bonchev–Trinajstić information content (AvgIpc) is 2.37. The topological polar surface area (TPSA) is 98.5 Å². The molecule has 1 aromatic carbocycles. The van der Waals surface area contributed by atoms with Gasteiger partial charge in [0.25, 0.3) is 5.69 Å². The molecule has 0 radical (unpaired) electrons. The number of nitrogens with zero attached hydrogens (tertiary/aromatic N) is 1. The van der Waals surface area contributed by atoms with Gasteiger partial charge < -0.3 is 10.1 Å². The van der Waals surface area contributed by atoms with Gasteiger partial charge in [0.15, 0.2) is 9.84 Å². The first-order valence-corrected chi connectivity index (χ1v) is 8.39. The first kappa shape index (κ1) is 17.5. The Hall–Kier alpha value is -1.51. The molecule has 0 saturated heterocycles. The summed E-state index contributed by atoms with van der Waals surface area (Å²) in [5, 5.41) is 14.4. The zero-order valence-corrected chi connectivity index (χ0v) is 13.1. The molecule has 0 amide bonds. The lowest BCUT2D eigenvalue weighted by Gasteiger charge is -2.17. The van der Waals surface area contributed by atoms with Gasteiger partial charge in [-0.1, -0.05) is 19.1 Å². The van der Waals surface area contributed by atoms with E-state index in [1.54, 1.807) is 13.2 Å². The Kier molecular flexibility index (Phi) is 6.25. The van der Waals surface area contributed by atoms with Crippen LogP contribution in [0.5, 0.6) is 0 Å². The Balaban J connectivity index is 3.26. The highest BCUT2D eigenvalue weighted by atomic mass is 32.2. The van der Waals surface area contributed by atoms with Gasteiger partial charge in [0.05, 0.1) is 11.5 Å². The quantitative estimate of drug-likeness (QED) is 0.571. The molecule has 118 valence electrons. The highest BCUT2D eigenvalue weighted by molar-refractivity contribution is 7.90. The summed E-state index contributed by atoms with van der Waals surface area (Å²) >= 11 is 0. The first-order chi connectivity index (χ1) is 9.81. The van der Waals surface area contributed by atoms with Gasteiger partial charge in [-0.05, 0) is 19.0 Å². The van der Waals surface area contributed by atoms with E-state index in [9.17, 15) is 18.5 Å². The zero-order valence-electron chi connectivity index (χ0n) is 12.3. The average molecular weight is 316 g/mol. The molecular formula is C13H20N2O5S. The number of nitro groups is 1. The molecule has 0 saturated carbocycles. The molecule has 1 atom stereocenters. The van der Waals surface area contributed by atoms with Gasteiger partial charge in [-0.3, -0.25) is 10.1 Å². The van der Waals surface area contributed by atoms with Crippen LogP contribution in [0.4, 0.5) is 5.69 Å². The van der Waals surface area contributed by atoms with E-state index in [0.29, 0.717) is 25.1 Å². The van der Waals surface area contributed by atoms with Gasteiger partial charge in [-0.2, -0.15) is 0 Å². The van der Waals surface area contributed by atoms with Crippen LogP contribution in [0.1, 0.15) is 12.5 Å². The molecule has 7 nitrogen and oxygen atoms in total. The van der Waals surface area contributed by atoms with Crippen molar-refractivity contribution >= 4 is 15.5 Å². The number of para-hydroxylation sites is 1. The fourth-order valence-electron chi connectivity index (χ4n) is 2.18. The minimum absolute atomic E-state index is 0.117. The Morgan fingerprint density at radius 3 is 2.57 bits per heavy atom. The Bertz CT molecular complexity index is 595. The van der Waals surface area contributed by atoms with Crippen LogP contribution in [0.15, 0.2) is 23.1 Å². The lowest BCUT2D eigenvalue weighted by atomic mass is 10.0. The molecule has 0 aliphatic rings.